The molecule has 0 bridgehead atoms. The first kappa shape index (κ1) is 14.8. The van der Waals surface area contributed by atoms with Crippen molar-refractivity contribution < 1.29 is 32.2 Å². The fraction of sp³-hybridized carbons (Fsp3) is 0.0714. The van der Waals surface area contributed by atoms with Gasteiger partial charge in [0.05, 0.1) is 0 Å². The fourth-order valence-electron chi connectivity index (χ4n) is 1.70. The minimum atomic E-state index is -1.91. The molecule has 0 atom stereocenters. The van der Waals surface area contributed by atoms with Crippen LogP contribution < -0.4 is 4.74 Å². The zero-order chi connectivity index (χ0) is 15.7. The number of hydrogen-bond donors (Lipinski definition) is 1. The Morgan fingerprint density at radius 2 is 1.71 bits per heavy atom. The molecule has 2 aromatic rings. The van der Waals surface area contributed by atoms with Crippen LogP contribution in [0, 0.1) is 30.2 Å². The summed E-state index contributed by atoms with van der Waals surface area (Å²) in [6, 6.07) is 3.70. The van der Waals surface area contributed by atoms with Gasteiger partial charge in [-0.3, -0.25) is 0 Å². The van der Waals surface area contributed by atoms with Crippen molar-refractivity contribution in [2.45, 2.75) is 6.92 Å². The summed E-state index contributed by atoms with van der Waals surface area (Å²) in [6.07, 6.45) is 0. The molecule has 1 N–H and O–H groups in total. The average molecular weight is 300 g/mol. The molecule has 110 valence electrons. The fourth-order valence-corrected chi connectivity index (χ4v) is 1.70. The number of halogens is 4. The molecule has 0 aliphatic heterocycles. The number of hydrogen-bond acceptors (Lipinski definition) is 2. The van der Waals surface area contributed by atoms with E-state index in [9.17, 15) is 22.4 Å². The van der Waals surface area contributed by atoms with Gasteiger partial charge in [0, 0.05) is 6.07 Å². The van der Waals surface area contributed by atoms with Crippen LogP contribution in [0.1, 0.15) is 15.9 Å². The molecular weight excluding hydrogens is 292 g/mol. The Labute approximate surface area is 116 Å². The summed E-state index contributed by atoms with van der Waals surface area (Å²) in [4.78, 5) is 11.0. The van der Waals surface area contributed by atoms with Crippen LogP contribution in [-0.2, 0) is 0 Å². The summed E-state index contributed by atoms with van der Waals surface area (Å²) in [7, 11) is 0. The van der Waals surface area contributed by atoms with Crippen molar-refractivity contribution in [1.29, 1.82) is 0 Å². The van der Waals surface area contributed by atoms with Crippen molar-refractivity contribution >= 4 is 5.97 Å². The van der Waals surface area contributed by atoms with Gasteiger partial charge in [0.25, 0.3) is 0 Å². The largest absolute Gasteiger partial charge is 0.477 e. The van der Waals surface area contributed by atoms with E-state index in [2.05, 4.69) is 0 Å². The van der Waals surface area contributed by atoms with Crippen molar-refractivity contribution in [1.82, 2.24) is 0 Å². The van der Waals surface area contributed by atoms with Gasteiger partial charge < -0.3 is 9.84 Å². The number of aromatic carboxylic acids is 1. The maximum atomic E-state index is 13.5. The summed E-state index contributed by atoms with van der Waals surface area (Å²) in [5.74, 6) is -8.46. The summed E-state index contributed by atoms with van der Waals surface area (Å²) in [5.41, 5.74) is -0.867. The standard InChI is InChI=1S/C14H8F4O3/c1-6-4-7(15)2-3-9(6)21-10-5-8(16)12(17)13(18)11(10)14(19)20/h2-5H,1H3,(H,19,20). The lowest BCUT2D eigenvalue weighted by Gasteiger charge is -2.12. The Kier molecular flexibility index (Phi) is 3.84. The maximum absolute atomic E-state index is 13.5. The maximum Gasteiger partial charge on any atom is 0.342 e. The predicted molar refractivity (Wildman–Crippen MR) is 64.5 cm³/mol. The topological polar surface area (TPSA) is 46.5 Å². The average Bonchev–Trinajstić information content (AvgIpc) is 2.39. The molecular formula is C14H8F4O3. The summed E-state index contributed by atoms with van der Waals surface area (Å²) < 4.78 is 57.8. The Bertz CT molecular complexity index is 729. The van der Waals surface area contributed by atoms with Gasteiger partial charge in [-0.2, -0.15) is 0 Å². The van der Waals surface area contributed by atoms with Gasteiger partial charge in [-0.05, 0) is 30.7 Å². The minimum absolute atomic E-state index is 0.00990. The highest BCUT2D eigenvalue weighted by Crippen LogP contribution is 2.32. The third-order valence-electron chi connectivity index (χ3n) is 2.70. The van der Waals surface area contributed by atoms with Crippen LogP contribution in [0.15, 0.2) is 24.3 Å². The number of aryl methyl sites for hydroxylation is 1. The first-order valence-electron chi connectivity index (χ1n) is 5.66. The van der Waals surface area contributed by atoms with Gasteiger partial charge in [0.15, 0.2) is 17.5 Å². The molecule has 2 rings (SSSR count). The third-order valence-corrected chi connectivity index (χ3v) is 2.70. The lowest BCUT2D eigenvalue weighted by Crippen LogP contribution is -2.08. The predicted octanol–water partition coefficient (Wildman–Crippen LogP) is 4.04. The monoisotopic (exact) mass is 300 g/mol. The van der Waals surface area contributed by atoms with Gasteiger partial charge in [-0.25, -0.2) is 22.4 Å². The van der Waals surface area contributed by atoms with E-state index < -0.39 is 40.6 Å². The van der Waals surface area contributed by atoms with E-state index in [1.165, 1.54) is 6.92 Å². The van der Waals surface area contributed by atoms with Crippen LogP contribution in [-0.4, -0.2) is 11.1 Å². The molecule has 0 aliphatic carbocycles. The number of carboxylic acids is 1. The second kappa shape index (κ2) is 5.43. The number of benzene rings is 2. The molecule has 0 amide bonds. The van der Waals surface area contributed by atoms with Crippen LogP contribution in [0.3, 0.4) is 0 Å². The molecule has 2 aromatic carbocycles. The number of rotatable bonds is 3. The highest BCUT2D eigenvalue weighted by atomic mass is 19.2. The number of carbonyl (C=O) groups is 1. The molecule has 0 heterocycles. The van der Waals surface area contributed by atoms with Crippen molar-refractivity contribution in [3.63, 3.8) is 0 Å². The van der Waals surface area contributed by atoms with E-state index in [-0.39, 0.29) is 11.3 Å². The molecule has 0 unspecified atom stereocenters. The molecule has 3 nitrogen and oxygen atoms in total. The van der Waals surface area contributed by atoms with Gasteiger partial charge >= 0.3 is 5.97 Å². The molecule has 0 aromatic heterocycles. The van der Waals surface area contributed by atoms with Crippen LogP contribution in [0.4, 0.5) is 17.6 Å². The van der Waals surface area contributed by atoms with Gasteiger partial charge in [0.2, 0.25) is 0 Å². The summed E-state index contributed by atoms with van der Waals surface area (Å²) in [5, 5.41) is 8.88. The van der Waals surface area contributed by atoms with Gasteiger partial charge in [-0.1, -0.05) is 0 Å². The molecule has 21 heavy (non-hydrogen) atoms. The summed E-state index contributed by atoms with van der Waals surface area (Å²) >= 11 is 0. The molecule has 0 radical (unpaired) electrons. The SMILES string of the molecule is Cc1cc(F)ccc1Oc1cc(F)c(F)c(F)c1C(=O)O. The van der Waals surface area contributed by atoms with Crippen molar-refractivity contribution in [3.05, 3.63) is 58.7 Å². The molecule has 0 fully saturated rings. The van der Waals surface area contributed by atoms with Gasteiger partial charge in [0.1, 0.15) is 22.9 Å². The molecule has 0 saturated heterocycles. The molecule has 0 saturated carbocycles. The van der Waals surface area contributed by atoms with Crippen LogP contribution in [0.25, 0.3) is 0 Å². The zero-order valence-electron chi connectivity index (χ0n) is 10.6. The van der Waals surface area contributed by atoms with Crippen LogP contribution in [0.2, 0.25) is 0 Å². The van der Waals surface area contributed by atoms with E-state index in [1.54, 1.807) is 0 Å². The zero-order valence-corrected chi connectivity index (χ0v) is 10.6. The third kappa shape index (κ3) is 2.81. The number of carboxylic acid groups (broad SMARTS) is 1. The first-order valence-corrected chi connectivity index (χ1v) is 5.66. The highest BCUT2D eigenvalue weighted by Gasteiger charge is 2.25. The van der Waals surface area contributed by atoms with E-state index in [0.29, 0.717) is 6.07 Å². The Balaban J connectivity index is 2.56. The highest BCUT2D eigenvalue weighted by molar-refractivity contribution is 5.91. The van der Waals surface area contributed by atoms with Crippen LogP contribution in [0.5, 0.6) is 11.5 Å². The normalized spacial score (nSPS) is 10.5. The minimum Gasteiger partial charge on any atom is -0.477 e. The summed E-state index contributed by atoms with van der Waals surface area (Å²) in [6.45, 7) is 1.45. The van der Waals surface area contributed by atoms with Crippen molar-refractivity contribution in [2.75, 3.05) is 0 Å². The second-order valence-electron chi connectivity index (χ2n) is 4.18. The lowest BCUT2D eigenvalue weighted by atomic mass is 10.1. The van der Waals surface area contributed by atoms with Crippen molar-refractivity contribution in [2.24, 2.45) is 0 Å². The van der Waals surface area contributed by atoms with Crippen molar-refractivity contribution in [3.8, 4) is 11.5 Å². The van der Waals surface area contributed by atoms with E-state index in [0.717, 1.165) is 18.2 Å². The Morgan fingerprint density at radius 1 is 1.05 bits per heavy atom. The lowest BCUT2D eigenvalue weighted by molar-refractivity contribution is 0.0687. The second-order valence-corrected chi connectivity index (χ2v) is 4.18. The smallest absolute Gasteiger partial charge is 0.342 e. The van der Waals surface area contributed by atoms with E-state index in [4.69, 9.17) is 9.84 Å². The van der Waals surface area contributed by atoms with Crippen LogP contribution >= 0.6 is 0 Å². The Morgan fingerprint density at radius 3 is 2.29 bits per heavy atom. The first-order chi connectivity index (χ1) is 9.81. The molecule has 0 aliphatic rings. The molecule has 0 spiro atoms. The molecule has 7 heteroatoms. The van der Waals surface area contributed by atoms with E-state index in [1.807, 2.05) is 0 Å². The van der Waals surface area contributed by atoms with Gasteiger partial charge in [-0.15, -0.1) is 0 Å². The Hall–Kier alpha value is -2.57. The number of ether oxygens (including phenoxy) is 1. The van der Waals surface area contributed by atoms with E-state index >= 15 is 0 Å². The quantitative estimate of drug-likeness (QED) is 0.687.